The molecule has 0 saturated carbocycles. The summed E-state index contributed by atoms with van der Waals surface area (Å²) in [4.78, 5) is 10.2. The topological polar surface area (TPSA) is 57.5 Å². The maximum atomic E-state index is 10.2. The van der Waals surface area contributed by atoms with Gasteiger partial charge in [0.2, 0.25) is 0 Å². The van der Waals surface area contributed by atoms with E-state index in [0.29, 0.717) is 0 Å². The molecule has 0 unspecified atom stereocenters. The predicted molar refractivity (Wildman–Crippen MR) is 100.0 cm³/mol. The van der Waals surface area contributed by atoms with Crippen LogP contribution in [0.15, 0.2) is 24.3 Å². The van der Waals surface area contributed by atoms with Crippen molar-refractivity contribution in [2.24, 2.45) is 0 Å². The number of benzene rings is 1. The molecule has 3 nitrogen and oxygen atoms in total. The van der Waals surface area contributed by atoms with Crippen LogP contribution in [0.25, 0.3) is 0 Å². The molecule has 0 fully saturated rings. The number of rotatable bonds is 10. The molecule has 2 N–H and O–H groups in total. The van der Waals surface area contributed by atoms with Gasteiger partial charge >= 0.3 is 98.3 Å². The Labute approximate surface area is 148 Å². The van der Waals surface area contributed by atoms with Gasteiger partial charge in [0.25, 0.3) is 0 Å². The van der Waals surface area contributed by atoms with Crippen molar-refractivity contribution in [1.82, 2.24) is 0 Å². The summed E-state index contributed by atoms with van der Waals surface area (Å²) in [5.41, 5.74) is 0.179. The summed E-state index contributed by atoms with van der Waals surface area (Å²) >= 11 is -0.839. The van der Waals surface area contributed by atoms with Crippen molar-refractivity contribution in [2.75, 3.05) is 0 Å². The smallest absolute Gasteiger partial charge is 0.335 e. The van der Waals surface area contributed by atoms with E-state index in [1.165, 1.54) is 62.8 Å². The molecule has 4 heteroatoms. The number of aromatic carboxylic acids is 1. The summed E-state index contributed by atoms with van der Waals surface area (Å²) < 4.78 is 5.04. The van der Waals surface area contributed by atoms with Gasteiger partial charge in [0.15, 0.2) is 0 Å². The SMILES string of the molecule is CCC[CH2][Sn]([CH2]CCC)[CH2]CCC.O=C(O)c1ccc(O)cc1. The van der Waals surface area contributed by atoms with Gasteiger partial charge in [0.1, 0.15) is 5.75 Å². The summed E-state index contributed by atoms with van der Waals surface area (Å²) in [5, 5.41) is 17.1. The molecule has 0 aliphatic rings. The summed E-state index contributed by atoms with van der Waals surface area (Å²) in [5.74, 6) is -0.912. The molecule has 0 spiro atoms. The largest absolute Gasteiger partial charge is 0.508 e. The van der Waals surface area contributed by atoms with Crippen LogP contribution in [-0.4, -0.2) is 35.9 Å². The number of phenols is 1. The van der Waals surface area contributed by atoms with Gasteiger partial charge in [-0.05, 0) is 24.3 Å². The first-order chi connectivity index (χ1) is 11.0. The van der Waals surface area contributed by atoms with E-state index < -0.39 is 25.7 Å². The van der Waals surface area contributed by atoms with E-state index in [9.17, 15) is 4.79 Å². The number of hydrogen-bond donors (Lipinski definition) is 2. The van der Waals surface area contributed by atoms with Crippen molar-refractivity contribution >= 4 is 25.7 Å². The number of carboxylic acids is 1. The summed E-state index contributed by atoms with van der Waals surface area (Å²) in [7, 11) is 0. The first-order valence-corrected chi connectivity index (χ1v) is 15.0. The second kappa shape index (κ2) is 14.9. The number of hydrogen-bond acceptors (Lipinski definition) is 2. The molecular weight excluding hydrogens is 395 g/mol. The van der Waals surface area contributed by atoms with Crippen LogP contribution in [-0.2, 0) is 0 Å². The monoisotopic (exact) mass is 429 g/mol. The minimum atomic E-state index is -0.986. The third kappa shape index (κ3) is 12.4. The van der Waals surface area contributed by atoms with Crippen LogP contribution >= 0.6 is 0 Å². The van der Waals surface area contributed by atoms with E-state index in [2.05, 4.69) is 20.8 Å². The van der Waals surface area contributed by atoms with Crippen LogP contribution < -0.4 is 0 Å². The second-order valence-electron chi connectivity index (χ2n) is 5.91. The van der Waals surface area contributed by atoms with Crippen LogP contribution in [0.1, 0.15) is 69.7 Å². The molecule has 0 aliphatic heterocycles. The molecule has 1 aromatic rings. The van der Waals surface area contributed by atoms with Gasteiger partial charge in [-0.1, -0.05) is 0 Å². The molecule has 1 aromatic carbocycles. The van der Waals surface area contributed by atoms with E-state index in [1.54, 1.807) is 13.3 Å². The van der Waals surface area contributed by atoms with Crippen molar-refractivity contribution in [2.45, 2.75) is 72.6 Å². The summed E-state index contributed by atoms with van der Waals surface area (Å²) in [6.07, 6.45) is 8.85. The van der Waals surface area contributed by atoms with E-state index in [0.717, 1.165) is 0 Å². The molecule has 0 atom stereocenters. The minimum absolute atomic E-state index is 0.0741. The average molecular weight is 428 g/mol. The third-order valence-corrected chi connectivity index (χ3v) is 12.8. The van der Waals surface area contributed by atoms with Gasteiger partial charge in [-0.15, -0.1) is 0 Å². The molecule has 0 heterocycles. The van der Waals surface area contributed by atoms with Crippen molar-refractivity contribution in [3.8, 4) is 5.75 Å². The number of aromatic hydroxyl groups is 1. The fourth-order valence-corrected chi connectivity index (χ4v) is 11.7. The summed E-state index contributed by atoms with van der Waals surface area (Å²) in [6, 6.07) is 5.36. The van der Waals surface area contributed by atoms with E-state index in [-0.39, 0.29) is 11.3 Å². The van der Waals surface area contributed by atoms with Crippen molar-refractivity contribution in [1.29, 1.82) is 0 Å². The maximum Gasteiger partial charge on any atom is 0.335 e. The van der Waals surface area contributed by atoms with Crippen molar-refractivity contribution < 1.29 is 15.0 Å². The Kier molecular flexibility index (Phi) is 14.4. The van der Waals surface area contributed by atoms with Crippen LogP contribution in [0.5, 0.6) is 5.75 Å². The van der Waals surface area contributed by atoms with E-state index >= 15 is 0 Å². The van der Waals surface area contributed by atoms with Gasteiger partial charge in [-0.3, -0.25) is 0 Å². The Morgan fingerprint density at radius 3 is 1.57 bits per heavy atom. The van der Waals surface area contributed by atoms with E-state index in [4.69, 9.17) is 10.2 Å². The molecule has 1 radical (unpaired) electrons. The zero-order valence-electron chi connectivity index (χ0n) is 15.0. The number of carbonyl (C=O) groups is 1. The Balaban J connectivity index is 0.000000433. The third-order valence-electron chi connectivity index (χ3n) is 3.77. The van der Waals surface area contributed by atoms with Gasteiger partial charge in [0, 0.05) is 0 Å². The maximum absolute atomic E-state index is 10.2. The fourth-order valence-electron chi connectivity index (χ4n) is 2.26. The number of phenolic OH excluding ortho intramolecular Hbond substituents is 1. The van der Waals surface area contributed by atoms with Crippen LogP contribution in [0.4, 0.5) is 0 Å². The van der Waals surface area contributed by atoms with Gasteiger partial charge in [0.05, 0.1) is 5.56 Å². The normalized spacial score (nSPS) is 10.3. The van der Waals surface area contributed by atoms with Crippen LogP contribution in [0.2, 0.25) is 13.3 Å². The molecule has 0 bridgehead atoms. The quantitative estimate of drug-likeness (QED) is 0.452. The Bertz CT molecular complexity index is 385. The zero-order chi connectivity index (χ0) is 17.5. The van der Waals surface area contributed by atoms with Crippen molar-refractivity contribution in [3.05, 3.63) is 29.8 Å². The Morgan fingerprint density at radius 2 is 1.26 bits per heavy atom. The van der Waals surface area contributed by atoms with Gasteiger partial charge in [-0.25, -0.2) is 4.79 Å². The molecule has 131 valence electrons. The number of carboxylic acid groups (broad SMARTS) is 1. The molecule has 0 aliphatic carbocycles. The van der Waals surface area contributed by atoms with Crippen LogP contribution in [0, 0.1) is 0 Å². The van der Waals surface area contributed by atoms with Gasteiger partial charge in [-0.2, -0.15) is 0 Å². The standard InChI is InChI=1S/C7H6O3.3C4H9.Sn/c8-6-3-1-5(2-4-6)7(9)10;3*1-3-4-2;/h1-4,8H,(H,9,10);3*1,3-4H2,2H3;. The minimum Gasteiger partial charge on any atom is -0.508 e. The predicted octanol–water partition coefficient (Wildman–Crippen LogP) is 5.97. The van der Waals surface area contributed by atoms with Gasteiger partial charge < -0.3 is 10.2 Å². The van der Waals surface area contributed by atoms with E-state index in [1.807, 2.05) is 0 Å². The molecule has 0 amide bonds. The van der Waals surface area contributed by atoms with Crippen LogP contribution in [0.3, 0.4) is 0 Å². The Morgan fingerprint density at radius 1 is 0.870 bits per heavy atom. The molecule has 0 aromatic heterocycles. The molecule has 23 heavy (non-hydrogen) atoms. The average Bonchev–Trinajstić information content (AvgIpc) is 2.55. The fraction of sp³-hybridized carbons (Fsp3) is 0.632. The molecular formula is C19H33O3Sn. The first-order valence-electron chi connectivity index (χ1n) is 8.90. The second-order valence-corrected chi connectivity index (χ2v) is 14.5. The zero-order valence-corrected chi connectivity index (χ0v) is 17.8. The van der Waals surface area contributed by atoms with Crippen molar-refractivity contribution in [3.63, 3.8) is 0 Å². The first kappa shape index (κ1) is 22.3. The number of unbranched alkanes of at least 4 members (excludes halogenated alkanes) is 3. The molecule has 0 saturated heterocycles. The summed E-state index contributed by atoms with van der Waals surface area (Å²) in [6.45, 7) is 7.00. The molecule has 1 rings (SSSR count). The Hall–Kier alpha value is -0.711.